The van der Waals surface area contributed by atoms with E-state index in [1.54, 1.807) is 10.5 Å². The Labute approximate surface area is 463 Å². The Bertz CT molecular complexity index is 3070. The van der Waals surface area contributed by atoms with Gasteiger partial charge in [-0.15, -0.1) is 10.2 Å². The number of benzene rings is 5. The van der Waals surface area contributed by atoms with Crippen LogP contribution < -0.4 is 30.7 Å². The van der Waals surface area contributed by atoms with E-state index in [1.165, 1.54) is 59.6 Å². The monoisotopic (exact) mass is 1070 g/mol. The number of carbonyl (C=O) groups is 4. The van der Waals surface area contributed by atoms with E-state index in [4.69, 9.17) is 0 Å². The maximum Gasteiger partial charge on any atom is 0.323 e. The highest BCUT2D eigenvalue weighted by molar-refractivity contribution is 7.18. The summed E-state index contributed by atoms with van der Waals surface area (Å²) in [7, 11) is 4.40. The van der Waals surface area contributed by atoms with Gasteiger partial charge < -0.3 is 40.0 Å². The van der Waals surface area contributed by atoms with Crippen molar-refractivity contribution in [3.05, 3.63) is 150 Å². The van der Waals surface area contributed by atoms with Crippen molar-refractivity contribution < 1.29 is 19.2 Å². The Kier molecular flexibility index (Phi) is 15.5. The van der Waals surface area contributed by atoms with Crippen molar-refractivity contribution in [1.82, 2.24) is 30.2 Å². The molecule has 9 heterocycles. The van der Waals surface area contributed by atoms with E-state index in [2.05, 4.69) is 117 Å². The van der Waals surface area contributed by atoms with Crippen molar-refractivity contribution in [2.75, 3.05) is 118 Å². The molecule has 8 aliphatic heterocycles. The van der Waals surface area contributed by atoms with Gasteiger partial charge in [-0.3, -0.25) is 19.7 Å². The zero-order valence-corrected chi connectivity index (χ0v) is 45.9. The molecule has 14 rings (SSSR count). The van der Waals surface area contributed by atoms with Crippen LogP contribution in [0.2, 0.25) is 0 Å². The molecule has 406 valence electrons. The molecule has 5 amide bonds. The number of anilines is 5. The summed E-state index contributed by atoms with van der Waals surface area (Å²) in [4.78, 5) is 58.7. The predicted octanol–water partition coefficient (Wildman–Crippen LogP) is 8.73. The number of fused-ring (bicyclic) bond motifs is 8. The average molecular weight is 1070 g/mol. The number of amides is 5. The molecule has 1 aromatic heterocycles. The number of nitrogens with one attached hydrogen (secondary N) is 3. The van der Waals surface area contributed by atoms with Crippen LogP contribution in [0.1, 0.15) is 73.6 Å². The number of aromatic nitrogens is 2. The van der Waals surface area contributed by atoms with E-state index in [-0.39, 0.29) is 22.3 Å². The zero-order chi connectivity index (χ0) is 53.7. The highest BCUT2D eigenvalue weighted by atomic mass is 32.1. The lowest BCUT2D eigenvalue weighted by Gasteiger charge is -2.39. The van der Waals surface area contributed by atoms with E-state index in [9.17, 15) is 19.2 Å². The molecule has 6 aromatic rings. The summed E-state index contributed by atoms with van der Waals surface area (Å²) >= 11 is 1.36. The van der Waals surface area contributed by atoms with Crippen molar-refractivity contribution in [3.63, 3.8) is 0 Å². The second-order valence-electron chi connectivity index (χ2n) is 22.8. The summed E-state index contributed by atoms with van der Waals surface area (Å²) in [5.74, 6) is 0. The third kappa shape index (κ3) is 10.4. The maximum absolute atomic E-state index is 12.8. The van der Waals surface area contributed by atoms with Gasteiger partial charge in [0.15, 0.2) is 0 Å². The third-order valence-corrected chi connectivity index (χ3v) is 19.3. The SMILES string of the molecule is CN1CCC2(CC1)CN(C=O)c1ccccc12.CN1CCC2(CC1)CNc1ccccc12.O=CN1CC2(CCN(C(=O)Nc3nnc(-c4ccccc4)s3)CC2)c2ccccc21.O=CN1CC2(CCNCC2)c2ccccc21. The van der Waals surface area contributed by atoms with E-state index in [0.717, 1.165) is 131 Å². The number of carbonyl (C=O) groups excluding carboxylic acids is 4. The third-order valence-electron chi connectivity index (χ3n) is 18.4. The Morgan fingerprint density at radius 2 is 0.936 bits per heavy atom. The minimum Gasteiger partial charge on any atom is -0.384 e. The lowest BCUT2D eigenvalue weighted by atomic mass is 9.74. The molecule has 0 aliphatic carbocycles. The van der Waals surface area contributed by atoms with Crippen molar-refractivity contribution in [2.45, 2.75) is 73.0 Å². The van der Waals surface area contributed by atoms with Crippen LogP contribution in [-0.2, 0) is 36.0 Å². The van der Waals surface area contributed by atoms with E-state index in [0.29, 0.717) is 30.2 Å². The molecule has 4 saturated heterocycles. The summed E-state index contributed by atoms with van der Waals surface area (Å²) in [5.41, 5.74) is 11.9. The standard InChI is InChI=1S/C22H21N5O2S.C14H18N2O.C13H16N2O.C13H18N2/c28-15-27-14-22(17-8-4-5-9-18(17)27)10-12-26(13-11-22)21(29)23-20-25-24-19(30-20)16-6-2-1-3-7-16;1-15-8-6-14(7-9-15)10-16(11-17)13-5-3-2-4-12(13)14;16-10-15-9-13(5-7-14-8-6-13)11-3-1-2-4-12(11)15;1-15-8-6-13(7-9-15)10-14-12-5-3-2-4-11(12)13/h1-9,15H,10-14H2,(H,23,25,29);2-5,11H,6-10H2,1H3;1-4,10,14H,5-9H2;2-5,14H,6-10H2,1H3. The van der Waals surface area contributed by atoms with Gasteiger partial charge >= 0.3 is 6.03 Å². The smallest absolute Gasteiger partial charge is 0.323 e. The molecule has 0 bridgehead atoms. The van der Waals surface area contributed by atoms with Crippen molar-refractivity contribution in [1.29, 1.82) is 0 Å². The van der Waals surface area contributed by atoms with Crippen molar-refractivity contribution in [3.8, 4) is 10.6 Å². The lowest BCUT2D eigenvalue weighted by Crippen LogP contribution is -2.48. The van der Waals surface area contributed by atoms with Crippen LogP contribution in [-0.4, -0.2) is 143 Å². The quantitative estimate of drug-likeness (QED) is 0.143. The van der Waals surface area contributed by atoms with Crippen LogP contribution in [0.4, 0.5) is 32.7 Å². The fourth-order valence-electron chi connectivity index (χ4n) is 13.8. The van der Waals surface area contributed by atoms with Gasteiger partial charge in [0.25, 0.3) is 0 Å². The fourth-order valence-corrected chi connectivity index (χ4v) is 14.5. The largest absolute Gasteiger partial charge is 0.384 e. The van der Waals surface area contributed by atoms with E-state index in [1.807, 2.05) is 75.4 Å². The summed E-state index contributed by atoms with van der Waals surface area (Å²) in [6.45, 7) is 11.6. The lowest BCUT2D eigenvalue weighted by molar-refractivity contribution is -0.108. The van der Waals surface area contributed by atoms with Crippen LogP contribution in [0.3, 0.4) is 0 Å². The number of para-hydroxylation sites is 4. The highest BCUT2D eigenvalue weighted by Gasteiger charge is 2.47. The molecule has 15 nitrogen and oxygen atoms in total. The number of nitrogens with zero attached hydrogens (tertiary/aromatic N) is 8. The highest BCUT2D eigenvalue weighted by Crippen LogP contribution is 2.49. The summed E-state index contributed by atoms with van der Waals surface area (Å²) in [5, 5.41) is 19.4. The van der Waals surface area contributed by atoms with Crippen LogP contribution >= 0.6 is 11.3 Å². The number of urea groups is 1. The van der Waals surface area contributed by atoms with Gasteiger partial charge in [0.1, 0.15) is 5.01 Å². The normalized spacial score (nSPS) is 20.6. The molecule has 4 spiro atoms. The first kappa shape index (κ1) is 53.0. The van der Waals surface area contributed by atoms with Gasteiger partial charge in [-0.1, -0.05) is 114 Å². The van der Waals surface area contributed by atoms with Crippen molar-refractivity contribution >= 4 is 64.5 Å². The molecule has 78 heavy (non-hydrogen) atoms. The summed E-state index contributed by atoms with van der Waals surface area (Å²) < 4.78 is 0. The second kappa shape index (κ2) is 22.8. The van der Waals surface area contributed by atoms with Gasteiger partial charge in [-0.25, -0.2) is 4.79 Å². The van der Waals surface area contributed by atoms with E-state index >= 15 is 0 Å². The van der Waals surface area contributed by atoms with Gasteiger partial charge in [0.2, 0.25) is 24.4 Å². The number of hydrogen-bond donors (Lipinski definition) is 3. The molecule has 0 unspecified atom stereocenters. The second-order valence-corrected chi connectivity index (χ2v) is 23.8. The first-order valence-corrected chi connectivity index (χ1v) is 28.7. The molecule has 16 heteroatoms. The number of rotatable bonds is 5. The number of likely N-dealkylation sites (tertiary alicyclic amines) is 3. The summed E-state index contributed by atoms with van der Waals surface area (Å²) in [6, 6.07) is 43.2. The minimum atomic E-state index is -0.154. The van der Waals surface area contributed by atoms with Crippen LogP contribution in [0, 0.1) is 0 Å². The van der Waals surface area contributed by atoms with Crippen molar-refractivity contribution in [2.24, 2.45) is 0 Å². The molecule has 5 aromatic carbocycles. The Morgan fingerprint density at radius 3 is 1.44 bits per heavy atom. The maximum atomic E-state index is 12.8. The first-order valence-electron chi connectivity index (χ1n) is 27.9. The number of hydrogen-bond acceptors (Lipinski definition) is 11. The summed E-state index contributed by atoms with van der Waals surface area (Å²) in [6.07, 6.45) is 11.7. The fraction of sp³-hybridized carbons (Fsp3) is 0.419. The average Bonchev–Trinajstić information content (AvgIpc) is 4.33. The zero-order valence-electron chi connectivity index (χ0n) is 45.1. The predicted molar refractivity (Wildman–Crippen MR) is 312 cm³/mol. The Morgan fingerprint density at radius 1 is 0.513 bits per heavy atom. The Balaban J connectivity index is 0.000000116. The molecule has 3 N–H and O–H groups in total. The molecule has 8 aliphatic rings. The van der Waals surface area contributed by atoms with Crippen LogP contribution in [0.5, 0.6) is 0 Å². The van der Waals surface area contributed by atoms with Gasteiger partial charge in [-0.2, -0.15) is 0 Å². The van der Waals surface area contributed by atoms with Crippen LogP contribution in [0.15, 0.2) is 127 Å². The van der Waals surface area contributed by atoms with Gasteiger partial charge in [0, 0.05) is 89.2 Å². The number of piperidine rings is 4. The molecule has 4 fully saturated rings. The minimum absolute atomic E-state index is 0.0719. The molecular weight excluding hydrogens is 995 g/mol. The topological polar surface area (TPSA) is 150 Å². The molecule has 0 atom stereocenters. The molecular formula is C62H73N11O4S. The first-order chi connectivity index (χ1) is 38.1. The van der Waals surface area contributed by atoms with E-state index < -0.39 is 0 Å². The molecule has 0 radical (unpaired) electrons. The van der Waals surface area contributed by atoms with Gasteiger partial charge in [-0.05, 0) is 151 Å². The van der Waals surface area contributed by atoms with Crippen LogP contribution in [0.25, 0.3) is 10.6 Å². The van der Waals surface area contributed by atoms with Gasteiger partial charge in [0.05, 0.1) is 0 Å². The molecule has 0 saturated carbocycles. The Hall–Kier alpha value is -6.98.